The molecule has 0 saturated carbocycles. The van der Waals surface area contributed by atoms with E-state index in [2.05, 4.69) is 11.3 Å². The van der Waals surface area contributed by atoms with Crippen molar-refractivity contribution in [3.63, 3.8) is 0 Å². The lowest BCUT2D eigenvalue weighted by molar-refractivity contribution is -0.145. The Balaban J connectivity index is 2.72. The van der Waals surface area contributed by atoms with Gasteiger partial charge in [0.05, 0.1) is 25.5 Å². The number of β-amino-alcohol motifs (C(OH)–C–C–N with tert-alkyl or cyclic N) is 1. The third-order valence-corrected chi connectivity index (χ3v) is 2.25. The number of carbonyl (C=O) groups is 2. The minimum atomic E-state index is -0.785. The Morgan fingerprint density at radius 2 is 2.12 bits per heavy atom. The van der Waals surface area contributed by atoms with Gasteiger partial charge < -0.3 is 14.6 Å². The number of ether oxygens (including phenoxy) is 2. The summed E-state index contributed by atoms with van der Waals surface area (Å²) in [6, 6.07) is -0.785. The maximum absolute atomic E-state index is 11.6. The first-order chi connectivity index (χ1) is 7.45. The Morgan fingerprint density at radius 1 is 1.50 bits per heavy atom. The van der Waals surface area contributed by atoms with Gasteiger partial charge in [0.25, 0.3) is 0 Å². The van der Waals surface area contributed by atoms with Crippen LogP contribution >= 0.6 is 0 Å². The van der Waals surface area contributed by atoms with Crippen molar-refractivity contribution in [1.82, 2.24) is 4.90 Å². The largest absolute Gasteiger partial charge is 0.467 e. The highest BCUT2D eigenvalue weighted by Gasteiger charge is 2.40. The number of nitrogens with zero attached hydrogens (tertiary/aromatic N) is 1. The number of methoxy groups -OCH3 is 1. The number of allylic oxidation sites excluding steroid dienone is 1. The molecule has 6 nitrogen and oxygen atoms in total. The first-order valence-electron chi connectivity index (χ1n) is 4.85. The molecule has 0 aromatic rings. The minimum absolute atomic E-state index is 0.0614. The van der Waals surface area contributed by atoms with Crippen molar-refractivity contribution in [3.8, 4) is 0 Å². The highest BCUT2D eigenvalue weighted by Crippen LogP contribution is 2.20. The molecule has 2 atom stereocenters. The van der Waals surface area contributed by atoms with Crippen molar-refractivity contribution >= 4 is 12.1 Å². The molecule has 0 aromatic carbocycles. The van der Waals surface area contributed by atoms with E-state index in [0.717, 1.165) is 4.90 Å². The van der Waals surface area contributed by atoms with Crippen molar-refractivity contribution in [2.45, 2.75) is 25.5 Å². The predicted octanol–water partition coefficient (Wildman–Crippen LogP) is 0.265. The molecular weight excluding hydrogens is 214 g/mol. The molecule has 1 N–H and O–H groups in total. The Labute approximate surface area is 93.4 Å². The molecule has 1 saturated heterocycles. The van der Waals surface area contributed by atoms with Crippen LogP contribution in [0.3, 0.4) is 0 Å². The van der Waals surface area contributed by atoms with Crippen LogP contribution in [0, 0.1) is 0 Å². The van der Waals surface area contributed by atoms with Crippen LogP contribution in [0.4, 0.5) is 4.79 Å². The zero-order chi connectivity index (χ0) is 12.3. The second-order valence-electron chi connectivity index (χ2n) is 3.65. The lowest BCUT2D eigenvalue weighted by Crippen LogP contribution is -2.41. The molecule has 0 aromatic heterocycles. The molecule has 16 heavy (non-hydrogen) atoms. The Hall–Kier alpha value is -1.56. The number of hydrogen-bond donors (Lipinski definition) is 1. The maximum atomic E-state index is 11.6. The van der Waals surface area contributed by atoms with Crippen molar-refractivity contribution in [2.75, 3.05) is 13.7 Å². The molecular formula is C10H15NO5. The highest BCUT2D eigenvalue weighted by atomic mass is 16.6. The molecule has 1 unspecified atom stereocenters. The normalized spacial score (nSPS) is 24.1. The first kappa shape index (κ1) is 12.5. The summed E-state index contributed by atoms with van der Waals surface area (Å²) in [5.41, 5.74) is 0. The lowest BCUT2D eigenvalue weighted by atomic mass is 10.2. The van der Waals surface area contributed by atoms with E-state index in [0.29, 0.717) is 0 Å². The van der Waals surface area contributed by atoms with Gasteiger partial charge in [-0.3, -0.25) is 4.90 Å². The van der Waals surface area contributed by atoms with E-state index in [-0.39, 0.29) is 18.7 Å². The summed E-state index contributed by atoms with van der Waals surface area (Å²) < 4.78 is 9.33. The summed E-state index contributed by atoms with van der Waals surface area (Å²) in [4.78, 5) is 24.1. The van der Waals surface area contributed by atoms with Gasteiger partial charge >= 0.3 is 12.1 Å². The van der Waals surface area contributed by atoms with Gasteiger partial charge in [-0.05, 0) is 6.92 Å². The zero-order valence-electron chi connectivity index (χ0n) is 9.30. The molecule has 0 spiro atoms. The third kappa shape index (κ3) is 2.73. The fourth-order valence-electron chi connectivity index (χ4n) is 1.58. The van der Waals surface area contributed by atoms with Crippen LogP contribution in [-0.4, -0.2) is 47.9 Å². The van der Waals surface area contributed by atoms with Gasteiger partial charge in [0.15, 0.2) is 0 Å². The van der Waals surface area contributed by atoms with Gasteiger partial charge in [0.2, 0.25) is 0 Å². The summed E-state index contributed by atoms with van der Waals surface area (Å²) in [6.07, 6.45) is -1.26. The average molecular weight is 229 g/mol. The molecule has 1 amide bonds. The van der Waals surface area contributed by atoms with Crippen LogP contribution in [0.25, 0.3) is 0 Å². The maximum Gasteiger partial charge on any atom is 0.415 e. The van der Waals surface area contributed by atoms with Crippen LogP contribution in [0.1, 0.15) is 13.3 Å². The smallest absolute Gasteiger partial charge is 0.415 e. The van der Waals surface area contributed by atoms with Gasteiger partial charge in [-0.2, -0.15) is 0 Å². The van der Waals surface area contributed by atoms with Crippen molar-refractivity contribution in [3.05, 3.63) is 12.3 Å². The van der Waals surface area contributed by atoms with E-state index in [4.69, 9.17) is 4.74 Å². The molecule has 1 aliphatic heterocycles. The molecule has 1 fully saturated rings. The van der Waals surface area contributed by atoms with E-state index in [1.807, 2.05) is 0 Å². The number of aliphatic hydroxyl groups excluding tert-OH is 1. The molecule has 0 bridgehead atoms. The van der Waals surface area contributed by atoms with Gasteiger partial charge in [-0.25, -0.2) is 9.59 Å². The molecule has 6 heteroatoms. The lowest BCUT2D eigenvalue weighted by Gasteiger charge is -2.21. The van der Waals surface area contributed by atoms with Crippen molar-refractivity contribution in [2.24, 2.45) is 0 Å². The molecule has 1 heterocycles. The van der Waals surface area contributed by atoms with E-state index >= 15 is 0 Å². The SMILES string of the molecule is C=C(C)OC(=O)N1CC(O)C[C@H]1C(=O)OC. The van der Waals surface area contributed by atoms with Gasteiger partial charge in [0, 0.05) is 6.42 Å². The molecule has 1 aliphatic rings. The van der Waals surface area contributed by atoms with Crippen molar-refractivity contribution < 1.29 is 24.2 Å². The second-order valence-corrected chi connectivity index (χ2v) is 3.65. The molecule has 0 radical (unpaired) electrons. The Bertz CT molecular complexity index is 314. The number of esters is 1. The van der Waals surface area contributed by atoms with Gasteiger partial charge in [-0.15, -0.1) is 0 Å². The van der Waals surface area contributed by atoms with Crippen molar-refractivity contribution in [1.29, 1.82) is 0 Å². The third-order valence-electron chi connectivity index (χ3n) is 2.25. The van der Waals surface area contributed by atoms with Crippen LogP contribution in [-0.2, 0) is 14.3 Å². The fourth-order valence-corrected chi connectivity index (χ4v) is 1.58. The highest BCUT2D eigenvalue weighted by molar-refractivity contribution is 5.82. The number of aliphatic hydroxyl groups is 1. The van der Waals surface area contributed by atoms with Crippen LogP contribution < -0.4 is 0 Å². The minimum Gasteiger partial charge on any atom is -0.467 e. The monoisotopic (exact) mass is 229 g/mol. The summed E-state index contributed by atoms with van der Waals surface area (Å²) in [7, 11) is 1.23. The topological polar surface area (TPSA) is 76.1 Å². The Kier molecular flexibility index (Phi) is 3.89. The van der Waals surface area contributed by atoms with E-state index in [9.17, 15) is 14.7 Å². The Morgan fingerprint density at radius 3 is 2.62 bits per heavy atom. The number of likely N-dealkylation sites (tertiary alicyclic amines) is 1. The van der Waals surface area contributed by atoms with E-state index in [1.165, 1.54) is 14.0 Å². The predicted molar refractivity (Wildman–Crippen MR) is 54.4 cm³/mol. The summed E-state index contributed by atoms with van der Waals surface area (Å²) in [5, 5.41) is 9.42. The molecule has 90 valence electrons. The van der Waals surface area contributed by atoms with Crippen LogP contribution in [0.15, 0.2) is 12.3 Å². The van der Waals surface area contributed by atoms with Gasteiger partial charge in [-0.1, -0.05) is 6.58 Å². The summed E-state index contributed by atoms with van der Waals surface area (Å²) in [5.74, 6) is -0.328. The van der Waals surface area contributed by atoms with E-state index in [1.54, 1.807) is 0 Å². The van der Waals surface area contributed by atoms with Crippen LogP contribution in [0.5, 0.6) is 0 Å². The first-order valence-corrected chi connectivity index (χ1v) is 4.85. The second kappa shape index (κ2) is 4.98. The quantitative estimate of drug-likeness (QED) is 0.543. The summed E-state index contributed by atoms with van der Waals surface area (Å²) >= 11 is 0. The number of carbonyl (C=O) groups excluding carboxylic acids is 2. The summed E-state index contributed by atoms with van der Waals surface area (Å²) in [6.45, 7) is 5.01. The van der Waals surface area contributed by atoms with Gasteiger partial charge in [0.1, 0.15) is 6.04 Å². The van der Waals surface area contributed by atoms with Crippen LogP contribution in [0.2, 0.25) is 0 Å². The average Bonchev–Trinajstić information content (AvgIpc) is 2.58. The molecule has 0 aliphatic carbocycles. The van der Waals surface area contributed by atoms with E-state index < -0.39 is 24.2 Å². The standard InChI is InChI=1S/C10H15NO5/c1-6(2)16-10(14)11-5-7(12)4-8(11)9(13)15-3/h7-8,12H,1,4-5H2,2-3H3/t7?,8-/m0/s1. The molecule has 1 rings (SSSR count). The zero-order valence-corrected chi connectivity index (χ0v) is 9.30. The number of hydrogen-bond acceptors (Lipinski definition) is 5. The number of amides is 1. The number of rotatable bonds is 2. The fraction of sp³-hybridized carbons (Fsp3) is 0.600.